The Hall–Kier alpha value is -3.98. The van der Waals surface area contributed by atoms with Gasteiger partial charge in [0.2, 0.25) is 0 Å². The van der Waals surface area contributed by atoms with Crippen molar-refractivity contribution in [3.8, 4) is 20.9 Å². The third-order valence-corrected chi connectivity index (χ3v) is 9.57. The van der Waals surface area contributed by atoms with Crippen LogP contribution in [0.4, 0.5) is 0 Å². The Morgan fingerprint density at radius 2 is 0.778 bits per heavy atom. The maximum atomic E-state index is 2.36. The molecule has 0 saturated heterocycles. The Bertz CT molecular complexity index is 1890. The summed E-state index contributed by atoms with van der Waals surface area (Å²) < 4.78 is 2.67. The van der Waals surface area contributed by atoms with Crippen LogP contribution in [0.3, 0.4) is 0 Å². The molecule has 0 aliphatic rings. The van der Waals surface area contributed by atoms with Crippen LogP contribution in [-0.4, -0.2) is 0 Å². The van der Waals surface area contributed by atoms with E-state index in [0.29, 0.717) is 0 Å². The van der Waals surface area contributed by atoms with Crippen LogP contribution in [-0.2, 0) is 0 Å². The summed E-state index contributed by atoms with van der Waals surface area (Å²) in [5.41, 5.74) is 2.64. The van der Waals surface area contributed by atoms with Crippen LogP contribution >= 0.6 is 22.7 Å². The summed E-state index contributed by atoms with van der Waals surface area (Å²) in [5.74, 6) is 0. The molecule has 0 fully saturated rings. The van der Waals surface area contributed by atoms with Crippen molar-refractivity contribution in [1.82, 2.24) is 0 Å². The molecule has 8 rings (SSSR count). The molecule has 0 amide bonds. The molecule has 2 heterocycles. The van der Waals surface area contributed by atoms with Gasteiger partial charge in [-0.3, -0.25) is 0 Å². The van der Waals surface area contributed by atoms with Gasteiger partial charge in [-0.15, -0.1) is 22.7 Å². The molecular formula is C34H20S2. The van der Waals surface area contributed by atoms with Gasteiger partial charge in [-0.2, -0.15) is 0 Å². The molecule has 0 aliphatic carbocycles. The molecule has 0 aliphatic heterocycles. The molecule has 6 aromatic carbocycles. The summed E-state index contributed by atoms with van der Waals surface area (Å²) in [6, 6.07) is 44.7. The number of benzene rings is 6. The highest BCUT2D eigenvalue weighted by Crippen LogP contribution is 2.47. The van der Waals surface area contributed by atoms with Gasteiger partial charge in [0.05, 0.1) is 0 Å². The summed E-state index contributed by atoms with van der Waals surface area (Å²) in [7, 11) is 0. The lowest BCUT2D eigenvalue weighted by Crippen LogP contribution is -1.88. The highest BCUT2D eigenvalue weighted by molar-refractivity contribution is 7.22. The quantitative estimate of drug-likeness (QED) is 0.211. The molecule has 0 saturated carbocycles. The molecule has 0 radical (unpaired) electrons. The van der Waals surface area contributed by atoms with E-state index in [2.05, 4.69) is 121 Å². The molecule has 0 atom stereocenters. The fraction of sp³-hybridized carbons (Fsp3) is 0. The van der Waals surface area contributed by atoms with Crippen LogP contribution < -0.4 is 0 Å². The topological polar surface area (TPSA) is 0 Å². The second-order valence-electron chi connectivity index (χ2n) is 9.30. The van der Waals surface area contributed by atoms with Crippen molar-refractivity contribution in [3.63, 3.8) is 0 Å². The Morgan fingerprint density at radius 1 is 0.361 bits per heavy atom. The normalized spacial score (nSPS) is 11.9. The predicted molar refractivity (Wildman–Crippen MR) is 161 cm³/mol. The van der Waals surface area contributed by atoms with Crippen LogP contribution in [0.5, 0.6) is 0 Å². The number of fused-ring (bicyclic) bond motifs is 8. The molecular weight excluding hydrogens is 473 g/mol. The molecule has 0 unspecified atom stereocenters. The van der Waals surface area contributed by atoms with Gasteiger partial charge in [-0.25, -0.2) is 0 Å². The maximum absolute atomic E-state index is 2.36. The van der Waals surface area contributed by atoms with Crippen LogP contribution in [0.1, 0.15) is 0 Å². The van der Waals surface area contributed by atoms with Gasteiger partial charge >= 0.3 is 0 Å². The van der Waals surface area contributed by atoms with Gasteiger partial charge in [0.15, 0.2) is 0 Å². The van der Waals surface area contributed by atoms with E-state index in [4.69, 9.17) is 0 Å². The highest BCUT2D eigenvalue weighted by Gasteiger charge is 2.18. The van der Waals surface area contributed by atoms with E-state index in [-0.39, 0.29) is 0 Å². The van der Waals surface area contributed by atoms with Gasteiger partial charge in [-0.1, -0.05) is 97.1 Å². The third-order valence-electron chi connectivity index (χ3n) is 7.27. The van der Waals surface area contributed by atoms with Crippen molar-refractivity contribution in [2.24, 2.45) is 0 Å². The summed E-state index contributed by atoms with van der Waals surface area (Å²) in [5, 5.41) is 10.6. The number of hydrogen-bond acceptors (Lipinski definition) is 2. The minimum absolute atomic E-state index is 1.31. The van der Waals surface area contributed by atoms with E-state index in [0.717, 1.165) is 0 Å². The van der Waals surface area contributed by atoms with Crippen molar-refractivity contribution in [3.05, 3.63) is 121 Å². The largest absolute Gasteiger partial charge is 0.135 e. The smallest absolute Gasteiger partial charge is 0.0361 e. The summed E-state index contributed by atoms with van der Waals surface area (Å²) in [6.45, 7) is 0. The Kier molecular flexibility index (Phi) is 4.36. The first-order chi connectivity index (χ1) is 17.8. The fourth-order valence-electron chi connectivity index (χ4n) is 5.68. The molecule has 168 valence electrons. The van der Waals surface area contributed by atoms with E-state index in [1.165, 1.54) is 73.4 Å². The van der Waals surface area contributed by atoms with Crippen LogP contribution in [0.25, 0.3) is 73.4 Å². The molecule has 0 bridgehead atoms. The van der Waals surface area contributed by atoms with E-state index < -0.39 is 0 Å². The van der Waals surface area contributed by atoms with E-state index >= 15 is 0 Å². The molecule has 36 heavy (non-hydrogen) atoms. The zero-order valence-corrected chi connectivity index (χ0v) is 21.0. The lowest BCUT2D eigenvalue weighted by molar-refractivity contribution is 1.75. The maximum Gasteiger partial charge on any atom is 0.0361 e. The average Bonchev–Trinajstić information content (AvgIpc) is 3.57. The second kappa shape index (κ2) is 7.76. The lowest BCUT2D eigenvalue weighted by Gasteiger charge is -2.16. The van der Waals surface area contributed by atoms with Crippen LogP contribution in [0.2, 0.25) is 0 Å². The first-order valence-electron chi connectivity index (χ1n) is 12.2. The summed E-state index contributed by atoms with van der Waals surface area (Å²) >= 11 is 3.77. The average molecular weight is 493 g/mol. The van der Waals surface area contributed by atoms with Gasteiger partial charge < -0.3 is 0 Å². The van der Waals surface area contributed by atoms with Crippen molar-refractivity contribution >= 4 is 75.2 Å². The number of rotatable bonds is 2. The molecule has 8 aromatic rings. The molecule has 2 heteroatoms. The van der Waals surface area contributed by atoms with Crippen LogP contribution in [0, 0.1) is 0 Å². The third kappa shape index (κ3) is 2.92. The molecule has 0 N–H and O–H groups in total. The minimum atomic E-state index is 1.31. The van der Waals surface area contributed by atoms with Gasteiger partial charge in [0.1, 0.15) is 0 Å². The lowest BCUT2D eigenvalue weighted by atomic mass is 9.88. The van der Waals surface area contributed by atoms with Crippen LogP contribution in [0.15, 0.2) is 121 Å². The predicted octanol–water partition coefficient (Wildman–Crippen LogP) is 10.9. The first-order valence-corrected chi connectivity index (χ1v) is 13.8. The Balaban J connectivity index is 1.58. The van der Waals surface area contributed by atoms with E-state index in [1.54, 1.807) is 0 Å². The van der Waals surface area contributed by atoms with E-state index in [9.17, 15) is 0 Å². The number of thiophene rings is 2. The second-order valence-corrected chi connectivity index (χ2v) is 11.5. The zero-order chi connectivity index (χ0) is 23.6. The SMILES string of the molecule is c1ccc2sc(-c3cccc4c5ccccc5c5cccc(-c6cc7ccccc7s6)c5c34)cc2c1. The first kappa shape index (κ1) is 20.2. The summed E-state index contributed by atoms with van der Waals surface area (Å²) in [6.07, 6.45) is 0. The van der Waals surface area contributed by atoms with Crippen molar-refractivity contribution < 1.29 is 0 Å². The monoisotopic (exact) mass is 492 g/mol. The molecule has 0 nitrogen and oxygen atoms in total. The van der Waals surface area contributed by atoms with Gasteiger partial charge in [-0.05, 0) is 67.4 Å². The standard InChI is InChI=1S/C34H20S2/c1-5-17-29-21(9-1)19-31(35-29)27-15-7-13-25-23-11-3-4-12-24(23)26-14-8-16-28(34(26)33(25)27)32-20-22-10-2-6-18-30(22)36-32/h1-20H. The highest BCUT2D eigenvalue weighted by atomic mass is 32.1. The van der Waals surface area contributed by atoms with Crippen molar-refractivity contribution in [2.75, 3.05) is 0 Å². The van der Waals surface area contributed by atoms with Crippen molar-refractivity contribution in [2.45, 2.75) is 0 Å². The van der Waals surface area contributed by atoms with Crippen molar-refractivity contribution in [1.29, 1.82) is 0 Å². The Labute approximate surface area is 216 Å². The zero-order valence-electron chi connectivity index (χ0n) is 19.4. The Morgan fingerprint density at radius 3 is 1.25 bits per heavy atom. The molecule has 0 spiro atoms. The van der Waals surface area contributed by atoms with E-state index in [1.807, 2.05) is 22.7 Å². The minimum Gasteiger partial charge on any atom is -0.135 e. The molecule has 2 aromatic heterocycles. The van der Waals surface area contributed by atoms with Gasteiger partial charge in [0, 0.05) is 30.3 Å². The summed E-state index contributed by atoms with van der Waals surface area (Å²) in [4.78, 5) is 2.65. The fourth-order valence-corrected chi connectivity index (χ4v) is 7.87. The van der Waals surface area contributed by atoms with Gasteiger partial charge in [0.25, 0.3) is 0 Å². The number of hydrogen-bond donors (Lipinski definition) is 0.